The SMILES string of the molecule is CN1CCC(Oc2nc(-c3cc(Cl)c4[nH]ncc4c3)c(-c3ccccc3)nc2N)CC1. The van der Waals surface area contributed by atoms with Crippen LogP contribution in [-0.2, 0) is 0 Å². The van der Waals surface area contributed by atoms with Gasteiger partial charge in [-0.1, -0.05) is 41.9 Å². The van der Waals surface area contributed by atoms with Crippen molar-refractivity contribution in [2.24, 2.45) is 0 Å². The number of H-pyrrole nitrogens is 1. The number of fused-ring (bicyclic) bond motifs is 1. The molecule has 0 amide bonds. The molecule has 2 aromatic heterocycles. The largest absolute Gasteiger partial charge is 0.472 e. The number of aromatic nitrogens is 4. The summed E-state index contributed by atoms with van der Waals surface area (Å²) in [6.45, 7) is 1.97. The molecule has 0 unspecified atom stereocenters. The van der Waals surface area contributed by atoms with Crippen LogP contribution < -0.4 is 10.5 Å². The zero-order valence-corrected chi connectivity index (χ0v) is 17.9. The van der Waals surface area contributed by atoms with Crippen molar-refractivity contribution in [2.75, 3.05) is 25.9 Å². The van der Waals surface area contributed by atoms with Crippen molar-refractivity contribution in [3.63, 3.8) is 0 Å². The van der Waals surface area contributed by atoms with Gasteiger partial charge in [0.05, 0.1) is 22.4 Å². The molecule has 0 saturated carbocycles. The van der Waals surface area contributed by atoms with Crippen LogP contribution in [0.25, 0.3) is 33.4 Å². The lowest BCUT2D eigenvalue weighted by molar-refractivity contribution is 0.110. The van der Waals surface area contributed by atoms with Crippen LogP contribution in [0.2, 0.25) is 5.02 Å². The fourth-order valence-electron chi connectivity index (χ4n) is 3.93. The van der Waals surface area contributed by atoms with Gasteiger partial charge in [0, 0.05) is 29.6 Å². The van der Waals surface area contributed by atoms with Crippen molar-refractivity contribution in [2.45, 2.75) is 18.9 Å². The number of hydrogen-bond acceptors (Lipinski definition) is 6. The van der Waals surface area contributed by atoms with Gasteiger partial charge in [0.25, 0.3) is 5.88 Å². The number of piperidine rings is 1. The Morgan fingerprint density at radius 3 is 2.58 bits per heavy atom. The molecule has 1 aliphatic heterocycles. The number of nitrogens with two attached hydrogens (primary N) is 1. The van der Waals surface area contributed by atoms with E-state index in [0.29, 0.717) is 22.3 Å². The van der Waals surface area contributed by atoms with Gasteiger partial charge >= 0.3 is 0 Å². The number of rotatable bonds is 4. The first-order chi connectivity index (χ1) is 15.1. The third kappa shape index (κ3) is 3.94. The number of ether oxygens (including phenoxy) is 1. The molecule has 4 aromatic rings. The van der Waals surface area contributed by atoms with Crippen LogP contribution in [0.3, 0.4) is 0 Å². The van der Waals surface area contributed by atoms with E-state index < -0.39 is 0 Å². The molecule has 0 radical (unpaired) electrons. The molecule has 0 atom stereocenters. The van der Waals surface area contributed by atoms with E-state index in [0.717, 1.165) is 48.0 Å². The molecule has 1 fully saturated rings. The van der Waals surface area contributed by atoms with E-state index in [2.05, 4.69) is 22.1 Å². The highest BCUT2D eigenvalue weighted by Gasteiger charge is 2.23. The summed E-state index contributed by atoms with van der Waals surface area (Å²) in [5.41, 5.74) is 10.2. The Bertz CT molecular complexity index is 1220. The maximum Gasteiger partial charge on any atom is 0.258 e. The van der Waals surface area contributed by atoms with Gasteiger partial charge in [-0.25, -0.2) is 9.97 Å². The van der Waals surface area contributed by atoms with Gasteiger partial charge in [0.2, 0.25) is 0 Å². The zero-order chi connectivity index (χ0) is 21.4. The predicted molar refractivity (Wildman–Crippen MR) is 123 cm³/mol. The summed E-state index contributed by atoms with van der Waals surface area (Å²) < 4.78 is 6.21. The highest BCUT2D eigenvalue weighted by atomic mass is 35.5. The first kappa shape index (κ1) is 19.8. The number of benzene rings is 2. The summed E-state index contributed by atoms with van der Waals surface area (Å²) in [6, 6.07) is 13.7. The summed E-state index contributed by atoms with van der Waals surface area (Å²) in [7, 11) is 2.12. The first-order valence-corrected chi connectivity index (χ1v) is 10.7. The number of nitrogens with one attached hydrogen (secondary N) is 1. The summed E-state index contributed by atoms with van der Waals surface area (Å²) in [5.74, 6) is 0.657. The Morgan fingerprint density at radius 2 is 1.81 bits per heavy atom. The van der Waals surface area contributed by atoms with Crippen molar-refractivity contribution in [1.29, 1.82) is 0 Å². The molecule has 2 aromatic carbocycles. The number of nitrogen functional groups attached to an aromatic ring is 1. The molecule has 8 heteroatoms. The van der Waals surface area contributed by atoms with E-state index >= 15 is 0 Å². The van der Waals surface area contributed by atoms with Crippen LogP contribution in [-0.4, -0.2) is 51.3 Å². The van der Waals surface area contributed by atoms with E-state index in [1.807, 2.05) is 42.5 Å². The van der Waals surface area contributed by atoms with Crippen LogP contribution in [0, 0.1) is 0 Å². The smallest absolute Gasteiger partial charge is 0.258 e. The third-order valence-corrected chi connectivity index (χ3v) is 5.95. The number of nitrogens with zero attached hydrogens (tertiary/aromatic N) is 4. The van der Waals surface area contributed by atoms with Gasteiger partial charge in [0.1, 0.15) is 11.8 Å². The lowest BCUT2D eigenvalue weighted by Crippen LogP contribution is -2.36. The molecule has 1 saturated heterocycles. The maximum absolute atomic E-state index is 6.51. The molecule has 7 nitrogen and oxygen atoms in total. The Balaban J connectivity index is 1.62. The quantitative estimate of drug-likeness (QED) is 0.494. The highest BCUT2D eigenvalue weighted by molar-refractivity contribution is 6.35. The fraction of sp³-hybridized carbons (Fsp3) is 0.261. The van der Waals surface area contributed by atoms with Gasteiger partial charge in [-0.15, -0.1) is 0 Å². The lowest BCUT2D eigenvalue weighted by atomic mass is 10.0. The Morgan fingerprint density at radius 1 is 1.06 bits per heavy atom. The van der Waals surface area contributed by atoms with Crippen molar-refractivity contribution in [3.8, 4) is 28.4 Å². The van der Waals surface area contributed by atoms with Crippen LogP contribution in [0.1, 0.15) is 12.8 Å². The molecule has 1 aliphatic rings. The molecule has 0 spiro atoms. The number of halogens is 1. The van der Waals surface area contributed by atoms with Crippen LogP contribution in [0.5, 0.6) is 5.88 Å². The van der Waals surface area contributed by atoms with E-state index in [-0.39, 0.29) is 11.9 Å². The summed E-state index contributed by atoms with van der Waals surface area (Å²) >= 11 is 6.51. The van der Waals surface area contributed by atoms with E-state index in [4.69, 9.17) is 32.0 Å². The van der Waals surface area contributed by atoms with Crippen molar-refractivity contribution < 1.29 is 4.74 Å². The minimum absolute atomic E-state index is 0.0724. The average molecular weight is 435 g/mol. The third-order valence-electron chi connectivity index (χ3n) is 5.65. The molecule has 31 heavy (non-hydrogen) atoms. The second kappa shape index (κ2) is 8.17. The standard InChI is InChI=1S/C23H23ClN6O/c1-30-9-7-17(8-10-30)31-23-22(25)27-20(14-5-3-2-4-6-14)21(28-23)15-11-16-13-26-29-19(16)18(24)12-15/h2-6,11-13,17H,7-10H2,1H3,(H2,25,27)(H,26,29). The minimum atomic E-state index is 0.0724. The molecule has 3 heterocycles. The Kier molecular flexibility index (Phi) is 5.21. The van der Waals surface area contributed by atoms with E-state index in [1.54, 1.807) is 6.20 Å². The Hall–Kier alpha value is -3.16. The van der Waals surface area contributed by atoms with Crippen molar-refractivity contribution in [1.82, 2.24) is 25.1 Å². The van der Waals surface area contributed by atoms with Crippen LogP contribution >= 0.6 is 11.6 Å². The average Bonchev–Trinajstić information content (AvgIpc) is 3.26. The molecular formula is C23H23ClN6O. The minimum Gasteiger partial charge on any atom is -0.472 e. The van der Waals surface area contributed by atoms with E-state index in [9.17, 15) is 0 Å². The number of aromatic amines is 1. The van der Waals surface area contributed by atoms with Gasteiger partial charge in [-0.2, -0.15) is 5.10 Å². The topological polar surface area (TPSA) is 93.0 Å². The van der Waals surface area contributed by atoms with Gasteiger partial charge in [-0.05, 0) is 32.0 Å². The lowest BCUT2D eigenvalue weighted by Gasteiger charge is -2.29. The number of hydrogen-bond donors (Lipinski definition) is 2. The Labute approximate surface area is 185 Å². The number of likely N-dealkylation sites (tertiary alicyclic amines) is 1. The molecule has 0 aliphatic carbocycles. The van der Waals surface area contributed by atoms with Gasteiger partial charge < -0.3 is 15.4 Å². The van der Waals surface area contributed by atoms with Crippen LogP contribution in [0.15, 0.2) is 48.7 Å². The van der Waals surface area contributed by atoms with Gasteiger partial charge in [-0.3, -0.25) is 5.10 Å². The highest BCUT2D eigenvalue weighted by Crippen LogP contribution is 2.36. The monoisotopic (exact) mass is 434 g/mol. The summed E-state index contributed by atoms with van der Waals surface area (Å²) in [4.78, 5) is 11.9. The second-order valence-electron chi connectivity index (χ2n) is 7.89. The molecule has 5 rings (SSSR count). The predicted octanol–water partition coefficient (Wildman–Crippen LogP) is 4.40. The normalized spacial score (nSPS) is 15.4. The summed E-state index contributed by atoms with van der Waals surface area (Å²) in [5, 5.41) is 8.49. The molecule has 0 bridgehead atoms. The van der Waals surface area contributed by atoms with Crippen LogP contribution in [0.4, 0.5) is 5.82 Å². The van der Waals surface area contributed by atoms with Crippen molar-refractivity contribution >= 4 is 28.3 Å². The van der Waals surface area contributed by atoms with Gasteiger partial charge in [0.15, 0.2) is 5.82 Å². The van der Waals surface area contributed by atoms with Crippen molar-refractivity contribution in [3.05, 3.63) is 53.7 Å². The van der Waals surface area contributed by atoms with E-state index in [1.165, 1.54) is 0 Å². The fourth-order valence-corrected chi connectivity index (χ4v) is 4.20. The second-order valence-corrected chi connectivity index (χ2v) is 8.30. The molecule has 158 valence electrons. The zero-order valence-electron chi connectivity index (χ0n) is 17.2. The maximum atomic E-state index is 6.51. The molecule has 3 N–H and O–H groups in total. The first-order valence-electron chi connectivity index (χ1n) is 10.3. The molecular weight excluding hydrogens is 412 g/mol. The summed E-state index contributed by atoms with van der Waals surface area (Å²) in [6.07, 6.45) is 3.68. The number of anilines is 1.